The van der Waals surface area contributed by atoms with Crippen LogP contribution in [0.3, 0.4) is 0 Å². The molecular formula is C12H14ClN. The van der Waals surface area contributed by atoms with Crippen LogP contribution < -0.4 is 5.32 Å². The molecule has 2 heteroatoms. The van der Waals surface area contributed by atoms with E-state index in [1.807, 2.05) is 12.1 Å². The quantitative estimate of drug-likeness (QED) is 0.747. The highest BCUT2D eigenvalue weighted by Crippen LogP contribution is 2.52. The van der Waals surface area contributed by atoms with Gasteiger partial charge >= 0.3 is 0 Å². The van der Waals surface area contributed by atoms with Crippen molar-refractivity contribution in [2.45, 2.75) is 18.3 Å². The zero-order chi connectivity index (χ0) is 9.60. The summed E-state index contributed by atoms with van der Waals surface area (Å²) >= 11 is 6.27. The van der Waals surface area contributed by atoms with Gasteiger partial charge in [-0.3, -0.25) is 0 Å². The minimum atomic E-state index is 0.373. The van der Waals surface area contributed by atoms with Gasteiger partial charge in [-0.25, -0.2) is 0 Å². The van der Waals surface area contributed by atoms with Gasteiger partial charge in [-0.2, -0.15) is 0 Å². The van der Waals surface area contributed by atoms with Gasteiger partial charge in [0.25, 0.3) is 0 Å². The zero-order valence-corrected chi connectivity index (χ0v) is 8.85. The molecule has 2 aliphatic rings. The smallest absolute Gasteiger partial charge is 0.0444 e. The third-order valence-corrected chi connectivity index (χ3v) is 4.29. The van der Waals surface area contributed by atoms with E-state index in [4.69, 9.17) is 11.6 Å². The molecule has 74 valence electrons. The van der Waals surface area contributed by atoms with E-state index < -0.39 is 0 Å². The van der Waals surface area contributed by atoms with Crippen LogP contribution in [0.5, 0.6) is 0 Å². The molecule has 0 bridgehead atoms. The molecule has 2 fully saturated rings. The highest BCUT2D eigenvalue weighted by atomic mass is 35.5. The van der Waals surface area contributed by atoms with Crippen LogP contribution in [0, 0.1) is 5.92 Å². The molecule has 2 atom stereocenters. The minimum absolute atomic E-state index is 0.373. The predicted molar refractivity (Wildman–Crippen MR) is 58.7 cm³/mol. The van der Waals surface area contributed by atoms with Crippen LogP contribution in [0.4, 0.5) is 0 Å². The number of hydrogen-bond donors (Lipinski definition) is 1. The van der Waals surface area contributed by atoms with E-state index in [0.717, 1.165) is 17.5 Å². The molecule has 1 N–H and O–H groups in total. The van der Waals surface area contributed by atoms with Crippen LogP contribution in [-0.2, 0) is 5.41 Å². The van der Waals surface area contributed by atoms with Gasteiger partial charge in [-0.15, -0.1) is 0 Å². The Hall–Kier alpha value is -0.530. The van der Waals surface area contributed by atoms with E-state index in [1.54, 1.807) is 0 Å². The largest absolute Gasteiger partial charge is 0.316 e. The molecule has 0 radical (unpaired) electrons. The molecule has 1 aliphatic heterocycles. The van der Waals surface area contributed by atoms with E-state index in [0.29, 0.717) is 5.41 Å². The zero-order valence-electron chi connectivity index (χ0n) is 8.09. The first-order chi connectivity index (χ1) is 6.83. The summed E-state index contributed by atoms with van der Waals surface area (Å²) < 4.78 is 0. The van der Waals surface area contributed by atoms with Crippen molar-refractivity contribution in [3.05, 3.63) is 34.9 Å². The molecule has 2 unspecified atom stereocenters. The molecule has 1 aromatic rings. The van der Waals surface area contributed by atoms with Crippen LogP contribution >= 0.6 is 11.6 Å². The lowest BCUT2D eigenvalue weighted by Gasteiger charge is -2.45. The van der Waals surface area contributed by atoms with E-state index in [2.05, 4.69) is 17.4 Å². The maximum Gasteiger partial charge on any atom is 0.0444 e. The predicted octanol–water partition coefficient (Wildman–Crippen LogP) is 2.59. The topological polar surface area (TPSA) is 12.0 Å². The van der Waals surface area contributed by atoms with Gasteiger partial charge in [0.05, 0.1) is 0 Å². The van der Waals surface area contributed by atoms with Crippen molar-refractivity contribution in [1.29, 1.82) is 0 Å². The molecule has 1 saturated heterocycles. The standard InChI is InChI=1S/C12H14ClN/c13-11-4-2-1-3-10(11)12-6-5-9(12)7-14-8-12/h1-4,9,14H,5-8H2. The Labute approximate surface area is 89.5 Å². The summed E-state index contributed by atoms with van der Waals surface area (Å²) in [4.78, 5) is 0. The van der Waals surface area contributed by atoms with Crippen molar-refractivity contribution < 1.29 is 0 Å². The van der Waals surface area contributed by atoms with Gasteiger partial charge in [0.1, 0.15) is 0 Å². The first-order valence-corrected chi connectivity index (χ1v) is 5.66. The summed E-state index contributed by atoms with van der Waals surface area (Å²) in [5.74, 6) is 0.822. The molecule has 0 amide bonds. The fourth-order valence-corrected chi connectivity index (χ4v) is 3.34. The van der Waals surface area contributed by atoms with Gasteiger partial charge in [-0.05, 0) is 36.9 Å². The van der Waals surface area contributed by atoms with Crippen molar-refractivity contribution in [2.75, 3.05) is 13.1 Å². The third-order valence-electron chi connectivity index (χ3n) is 3.96. The summed E-state index contributed by atoms with van der Waals surface area (Å²) in [6.07, 6.45) is 2.66. The molecule has 1 heterocycles. The Morgan fingerprint density at radius 3 is 2.86 bits per heavy atom. The summed E-state index contributed by atoms with van der Waals surface area (Å²) in [7, 11) is 0. The molecule has 1 saturated carbocycles. The van der Waals surface area contributed by atoms with Crippen molar-refractivity contribution in [3.8, 4) is 0 Å². The van der Waals surface area contributed by atoms with Crippen LogP contribution in [-0.4, -0.2) is 13.1 Å². The van der Waals surface area contributed by atoms with Gasteiger partial charge in [0, 0.05) is 17.0 Å². The number of nitrogens with one attached hydrogen (secondary N) is 1. The van der Waals surface area contributed by atoms with Gasteiger partial charge in [0.15, 0.2) is 0 Å². The normalized spacial score (nSPS) is 35.1. The molecule has 0 spiro atoms. The maximum atomic E-state index is 6.27. The summed E-state index contributed by atoms with van der Waals surface area (Å²) in [6.45, 7) is 2.28. The summed E-state index contributed by atoms with van der Waals surface area (Å²) in [5, 5.41) is 4.44. The van der Waals surface area contributed by atoms with E-state index >= 15 is 0 Å². The second-order valence-electron chi connectivity index (χ2n) is 4.50. The Balaban J connectivity index is 2.06. The fraction of sp³-hybridized carbons (Fsp3) is 0.500. The van der Waals surface area contributed by atoms with Crippen molar-refractivity contribution in [3.63, 3.8) is 0 Å². The van der Waals surface area contributed by atoms with E-state index in [-0.39, 0.29) is 0 Å². The fourth-order valence-electron chi connectivity index (χ4n) is 3.01. The Bertz CT molecular complexity index is 363. The number of benzene rings is 1. The highest BCUT2D eigenvalue weighted by molar-refractivity contribution is 6.31. The lowest BCUT2D eigenvalue weighted by Crippen LogP contribution is -2.43. The summed E-state index contributed by atoms with van der Waals surface area (Å²) in [5.41, 5.74) is 1.74. The Morgan fingerprint density at radius 1 is 1.36 bits per heavy atom. The van der Waals surface area contributed by atoms with E-state index in [9.17, 15) is 0 Å². The molecule has 1 nitrogen and oxygen atoms in total. The average molecular weight is 208 g/mol. The van der Waals surface area contributed by atoms with Crippen LogP contribution in [0.2, 0.25) is 5.02 Å². The molecular weight excluding hydrogens is 194 g/mol. The average Bonchev–Trinajstić information content (AvgIpc) is 2.45. The maximum absolute atomic E-state index is 6.27. The molecule has 1 aromatic carbocycles. The van der Waals surface area contributed by atoms with Crippen LogP contribution in [0.25, 0.3) is 0 Å². The second kappa shape index (κ2) is 2.98. The van der Waals surface area contributed by atoms with E-state index in [1.165, 1.54) is 24.9 Å². The first kappa shape index (κ1) is 8.75. The summed E-state index contributed by atoms with van der Waals surface area (Å²) in [6, 6.07) is 8.32. The number of rotatable bonds is 1. The minimum Gasteiger partial charge on any atom is -0.316 e. The Morgan fingerprint density at radius 2 is 2.21 bits per heavy atom. The monoisotopic (exact) mass is 207 g/mol. The molecule has 14 heavy (non-hydrogen) atoms. The van der Waals surface area contributed by atoms with Crippen LogP contribution in [0.1, 0.15) is 18.4 Å². The van der Waals surface area contributed by atoms with Gasteiger partial charge < -0.3 is 5.32 Å². The van der Waals surface area contributed by atoms with Gasteiger partial charge in [-0.1, -0.05) is 29.8 Å². The Kier molecular flexibility index (Phi) is 1.86. The third kappa shape index (κ3) is 0.999. The lowest BCUT2D eigenvalue weighted by atomic mass is 9.59. The number of hydrogen-bond acceptors (Lipinski definition) is 1. The van der Waals surface area contributed by atoms with Crippen molar-refractivity contribution in [2.24, 2.45) is 5.92 Å². The van der Waals surface area contributed by atoms with Crippen LogP contribution in [0.15, 0.2) is 24.3 Å². The molecule has 3 rings (SSSR count). The highest BCUT2D eigenvalue weighted by Gasteiger charge is 2.51. The number of halogens is 1. The number of fused-ring (bicyclic) bond motifs is 1. The lowest BCUT2D eigenvalue weighted by molar-refractivity contribution is 0.182. The van der Waals surface area contributed by atoms with Crippen molar-refractivity contribution in [1.82, 2.24) is 5.32 Å². The first-order valence-electron chi connectivity index (χ1n) is 5.29. The van der Waals surface area contributed by atoms with Crippen molar-refractivity contribution >= 4 is 11.6 Å². The van der Waals surface area contributed by atoms with Gasteiger partial charge in [0.2, 0.25) is 0 Å². The second-order valence-corrected chi connectivity index (χ2v) is 4.91. The SMILES string of the molecule is Clc1ccccc1C12CCC1CNC2. The molecule has 1 aliphatic carbocycles. The molecule has 0 aromatic heterocycles.